The number of hydrogen-bond acceptors (Lipinski definition) is 14. The minimum atomic E-state index is -3.18. The van der Waals surface area contributed by atoms with E-state index in [2.05, 4.69) is 40.7 Å². The molecular formula is C42H20Cl4F4N6Na2O12. The maximum Gasteiger partial charge on any atom is 1.00 e. The predicted octanol–water partition coefficient (Wildman–Crippen LogP) is 1.67. The fraction of sp³-hybridized carbons (Fsp3) is 0.0476. The Bertz CT molecular complexity index is 3140. The summed E-state index contributed by atoms with van der Waals surface area (Å²) in [7, 11) is 0. The molecule has 4 amide bonds. The fourth-order valence-corrected chi connectivity index (χ4v) is 7.33. The van der Waals surface area contributed by atoms with E-state index in [1.807, 2.05) is 0 Å². The number of benzene rings is 4. The number of carbonyl (C=O) groups is 6. The Morgan fingerprint density at radius 1 is 0.529 bits per heavy atom. The number of ether oxygens (including phenoxy) is 2. The van der Waals surface area contributed by atoms with Gasteiger partial charge in [-0.1, -0.05) is 46.4 Å². The SMILES string of the molecule is O=C([O-])C(=O)Nc1ccc2oc3c(OC(F)F)ccc(C(=O)Nc4c(Cl)cncc4Cl)c3c2c1.O=C([O-])C(=O)Nc1ccc2oc3c(OC(F)F)ccc(C(=O)Nc4c(Cl)cncc4Cl)c3c2c1.[Na+].[Na+]. The number of furan rings is 2. The van der Waals surface area contributed by atoms with E-state index in [9.17, 15) is 56.5 Å². The maximum atomic E-state index is 13.1. The van der Waals surface area contributed by atoms with E-state index in [1.54, 1.807) is 0 Å². The Hall–Kier alpha value is -5.92. The van der Waals surface area contributed by atoms with Gasteiger partial charge in [0.25, 0.3) is 23.6 Å². The standard InChI is InChI=1S/2C21H11Cl2F2N3O6.2Na/c2*22-11-6-26-7-12(23)16(11)28-18(29)9-2-4-14(34-21(24)25)17-15(9)10-5-8(1-3-13(10)33-17)27-19(30)20(31)32;;/h2*1-7,21H,(H,27,30)(H,31,32)(H,26,28,29);;/q;;2*+1/p-2. The Balaban J connectivity index is 0.000000254. The third-order valence-electron chi connectivity index (χ3n) is 9.16. The number of carboxylic acids is 2. The van der Waals surface area contributed by atoms with Crippen LogP contribution in [0.2, 0.25) is 20.1 Å². The van der Waals surface area contributed by atoms with E-state index >= 15 is 0 Å². The van der Waals surface area contributed by atoms with Crippen LogP contribution >= 0.6 is 46.4 Å². The molecule has 70 heavy (non-hydrogen) atoms. The number of hydrogen-bond donors (Lipinski definition) is 4. The van der Waals surface area contributed by atoms with Crippen LogP contribution in [0.1, 0.15) is 20.7 Å². The molecule has 0 saturated carbocycles. The minimum absolute atomic E-state index is 0. The Morgan fingerprint density at radius 2 is 0.871 bits per heavy atom. The van der Waals surface area contributed by atoms with Gasteiger partial charge in [-0.15, -0.1) is 0 Å². The quantitative estimate of drug-likeness (QED) is 0.0863. The second kappa shape index (κ2) is 23.3. The summed E-state index contributed by atoms with van der Waals surface area (Å²) in [5.41, 5.74) is 0.0222. The first kappa shape index (κ1) is 55.0. The van der Waals surface area contributed by atoms with Crippen LogP contribution in [0.3, 0.4) is 0 Å². The van der Waals surface area contributed by atoms with Crippen LogP contribution in [0.25, 0.3) is 43.9 Å². The Labute approximate surface area is 451 Å². The number of amides is 4. The van der Waals surface area contributed by atoms with E-state index < -0.39 is 48.8 Å². The number of fused-ring (bicyclic) bond motifs is 6. The molecule has 0 saturated heterocycles. The molecule has 0 spiro atoms. The van der Waals surface area contributed by atoms with E-state index in [1.165, 1.54) is 73.3 Å². The van der Waals surface area contributed by atoms with E-state index in [0.29, 0.717) is 0 Å². The molecule has 0 atom stereocenters. The number of pyridine rings is 2. The third kappa shape index (κ3) is 12.1. The second-order valence-corrected chi connectivity index (χ2v) is 15.0. The van der Waals surface area contributed by atoms with Crippen molar-refractivity contribution in [2.75, 3.05) is 21.3 Å². The van der Waals surface area contributed by atoms with Gasteiger partial charge in [-0.05, 0) is 60.7 Å². The summed E-state index contributed by atoms with van der Waals surface area (Å²) in [4.78, 5) is 78.3. The third-order valence-corrected chi connectivity index (χ3v) is 10.3. The van der Waals surface area contributed by atoms with E-state index in [4.69, 9.17) is 55.2 Å². The average Bonchev–Trinajstić information content (AvgIpc) is 3.86. The van der Waals surface area contributed by atoms with Gasteiger partial charge in [-0.25, -0.2) is 0 Å². The summed E-state index contributed by atoms with van der Waals surface area (Å²) in [6.45, 7) is -6.35. The van der Waals surface area contributed by atoms with E-state index in [-0.39, 0.29) is 168 Å². The molecular weight excluding hydrogens is 1040 g/mol. The van der Waals surface area contributed by atoms with Crippen LogP contribution in [0.15, 0.2) is 94.3 Å². The zero-order valence-corrected chi connectivity index (χ0v) is 42.1. The van der Waals surface area contributed by atoms with Gasteiger partial charge in [0, 0.05) is 57.7 Å². The summed E-state index contributed by atoms with van der Waals surface area (Å²) < 4.78 is 72.0. The molecule has 0 bridgehead atoms. The first-order valence-corrected chi connectivity index (χ1v) is 20.0. The topological polar surface area (TPSA) is 267 Å². The van der Waals surface area contributed by atoms with Crippen molar-refractivity contribution >= 4 is 149 Å². The van der Waals surface area contributed by atoms with Crippen molar-refractivity contribution < 1.29 is 134 Å². The average molecular weight is 1060 g/mol. The number of carbonyl (C=O) groups excluding carboxylic acids is 6. The molecule has 0 aliphatic carbocycles. The summed E-state index contributed by atoms with van der Waals surface area (Å²) in [6, 6.07) is 12.6. The largest absolute Gasteiger partial charge is 1.00 e. The molecule has 348 valence electrons. The number of carboxylic acid groups (broad SMARTS) is 2. The molecule has 0 fully saturated rings. The van der Waals surface area contributed by atoms with E-state index in [0.717, 1.165) is 12.1 Å². The molecule has 4 heterocycles. The molecule has 18 nitrogen and oxygen atoms in total. The summed E-state index contributed by atoms with van der Waals surface area (Å²) in [5.74, 6) is -8.89. The van der Waals surface area contributed by atoms with Gasteiger partial charge in [-0.2, -0.15) is 17.6 Å². The molecule has 0 radical (unpaired) electrons. The molecule has 28 heteroatoms. The van der Waals surface area contributed by atoms with Gasteiger partial charge in [0.1, 0.15) is 23.1 Å². The van der Waals surface area contributed by atoms with Gasteiger partial charge >= 0.3 is 72.3 Å². The number of halogens is 8. The number of nitrogens with zero attached hydrogens (tertiary/aromatic N) is 2. The van der Waals surface area contributed by atoms with Crippen LogP contribution in [-0.4, -0.2) is 58.8 Å². The predicted molar refractivity (Wildman–Crippen MR) is 232 cm³/mol. The number of aromatic nitrogens is 2. The maximum absolute atomic E-state index is 13.1. The van der Waals surface area contributed by atoms with Gasteiger partial charge in [0.2, 0.25) is 0 Å². The van der Waals surface area contributed by atoms with Crippen molar-refractivity contribution in [2.45, 2.75) is 13.2 Å². The molecule has 4 N–H and O–H groups in total. The zero-order chi connectivity index (χ0) is 49.1. The van der Waals surface area contributed by atoms with Crippen molar-refractivity contribution in [3.05, 3.63) is 117 Å². The van der Waals surface area contributed by atoms with Crippen LogP contribution in [-0.2, 0) is 19.2 Å². The number of rotatable bonds is 10. The zero-order valence-electron chi connectivity index (χ0n) is 35.1. The minimum Gasteiger partial charge on any atom is -0.540 e. The molecule has 0 unspecified atom stereocenters. The van der Waals surface area contributed by atoms with Crippen molar-refractivity contribution in [2.24, 2.45) is 0 Å². The van der Waals surface area contributed by atoms with Crippen molar-refractivity contribution in [1.29, 1.82) is 0 Å². The first-order chi connectivity index (χ1) is 32.3. The molecule has 8 aromatic rings. The fourth-order valence-electron chi connectivity index (χ4n) is 6.41. The number of nitrogens with one attached hydrogen (secondary N) is 4. The summed E-state index contributed by atoms with van der Waals surface area (Å²) >= 11 is 24.2. The molecule has 4 aromatic heterocycles. The smallest absolute Gasteiger partial charge is 0.540 e. The van der Waals surface area contributed by atoms with Crippen LogP contribution in [0.4, 0.5) is 40.3 Å². The molecule has 8 rings (SSSR count). The second-order valence-electron chi connectivity index (χ2n) is 13.4. The van der Waals surface area contributed by atoms with Gasteiger partial charge in [0.15, 0.2) is 22.7 Å². The van der Waals surface area contributed by atoms with Gasteiger partial charge in [0.05, 0.1) is 42.6 Å². The van der Waals surface area contributed by atoms with Crippen LogP contribution in [0, 0.1) is 0 Å². The molecule has 4 aromatic carbocycles. The molecule has 0 aliphatic heterocycles. The van der Waals surface area contributed by atoms with Crippen molar-refractivity contribution in [3.8, 4) is 11.5 Å². The Morgan fingerprint density at radius 3 is 1.19 bits per heavy atom. The number of aliphatic carboxylic acids is 2. The monoisotopic (exact) mass is 1060 g/mol. The number of alkyl halides is 4. The Kier molecular flexibility index (Phi) is 18.3. The number of anilines is 4. The van der Waals surface area contributed by atoms with Crippen LogP contribution in [0.5, 0.6) is 11.5 Å². The van der Waals surface area contributed by atoms with Crippen molar-refractivity contribution in [3.63, 3.8) is 0 Å². The van der Waals surface area contributed by atoms with Crippen molar-refractivity contribution in [1.82, 2.24) is 9.97 Å². The normalized spacial score (nSPS) is 10.8. The van der Waals surface area contributed by atoms with Gasteiger partial charge < -0.3 is 59.4 Å². The van der Waals surface area contributed by atoms with Gasteiger partial charge in [-0.3, -0.25) is 29.1 Å². The van der Waals surface area contributed by atoms with Crippen LogP contribution < -0.4 is 100 Å². The first-order valence-electron chi connectivity index (χ1n) is 18.4. The molecule has 0 aliphatic rings. The summed E-state index contributed by atoms with van der Waals surface area (Å²) in [5, 5.41) is 31.5. The summed E-state index contributed by atoms with van der Waals surface area (Å²) in [6.07, 6.45) is 5.05.